The van der Waals surface area contributed by atoms with Gasteiger partial charge in [0.15, 0.2) is 0 Å². The van der Waals surface area contributed by atoms with Crippen molar-refractivity contribution in [2.24, 2.45) is 0 Å². The van der Waals surface area contributed by atoms with Crippen LogP contribution in [0.1, 0.15) is 26.9 Å². The topological polar surface area (TPSA) is 12.0 Å². The number of aryl methyl sites for hydroxylation is 2. The fourth-order valence-electron chi connectivity index (χ4n) is 1.90. The first-order chi connectivity index (χ1) is 8.11. The Bertz CT molecular complexity index is 499. The van der Waals surface area contributed by atoms with Crippen LogP contribution in [0.25, 0.3) is 0 Å². The Hall–Kier alpha value is -0.830. The van der Waals surface area contributed by atoms with E-state index in [0.717, 1.165) is 5.02 Å². The molecular weight excluding hydrogens is 250 g/mol. The van der Waals surface area contributed by atoms with Gasteiger partial charge in [0.25, 0.3) is 0 Å². The SMILES string of the molecule is CNC(c1cccc(Cl)c1)c1cc(C)c(C)s1. The second-order valence-corrected chi connectivity index (χ2v) is 5.89. The maximum absolute atomic E-state index is 6.05. The zero-order chi connectivity index (χ0) is 12.4. The Labute approximate surface area is 111 Å². The molecule has 0 amide bonds. The van der Waals surface area contributed by atoms with Crippen molar-refractivity contribution in [1.29, 1.82) is 0 Å². The molecule has 2 rings (SSSR count). The summed E-state index contributed by atoms with van der Waals surface area (Å²) in [5.41, 5.74) is 2.56. The number of halogens is 1. The highest BCUT2D eigenvalue weighted by Crippen LogP contribution is 2.31. The van der Waals surface area contributed by atoms with Crippen molar-refractivity contribution >= 4 is 22.9 Å². The maximum atomic E-state index is 6.05. The summed E-state index contributed by atoms with van der Waals surface area (Å²) >= 11 is 7.89. The van der Waals surface area contributed by atoms with Crippen molar-refractivity contribution in [2.75, 3.05) is 7.05 Å². The molecule has 0 saturated heterocycles. The van der Waals surface area contributed by atoms with Gasteiger partial charge in [0, 0.05) is 14.8 Å². The third-order valence-electron chi connectivity index (χ3n) is 2.94. The summed E-state index contributed by atoms with van der Waals surface area (Å²) in [6.45, 7) is 4.31. The number of hydrogen-bond donors (Lipinski definition) is 1. The summed E-state index contributed by atoms with van der Waals surface area (Å²) in [6, 6.07) is 10.5. The quantitative estimate of drug-likeness (QED) is 0.871. The van der Waals surface area contributed by atoms with Crippen molar-refractivity contribution in [3.8, 4) is 0 Å². The van der Waals surface area contributed by atoms with Crippen LogP contribution in [0.15, 0.2) is 30.3 Å². The van der Waals surface area contributed by atoms with Gasteiger partial charge in [0.1, 0.15) is 0 Å². The predicted molar refractivity (Wildman–Crippen MR) is 76.1 cm³/mol. The fourth-order valence-corrected chi connectivity index (χ4v) is 3.28. The van der Waals surface area contributed by atoms with E-state index in [4.69, 9.17) is 11.6 Å². The first kappa shape index (κ1) is 12.6. The Balaban J connectivity index is 2.39. The number of hydrogen-bond acceptors (Lipinski definition) is 2. The standard InChI is InChI=1S/C14H16ClNS/c1-9-7-13(17-10(9)2)14(16-3)11-5-4-6-12(15)8-11/h4-8,14,16H,1-3H3. The molecule has 0 aliphatic heterocycles. The van der Waals surface area contributed by atoms with Crippen molar-refractivity contribution in [3.63, 3.8) is 0 Å². The highest BCUT2D eigenvalue weighted by atomic mass is 35.5. The minimum Gasteiger partial charge on any atom is -0.309 e. The average molecular weight is 266 g/mol. The monoisotopic (exact) mass is 265 g/mol. The lowest BCUT2D eigenvalue weighted by atomic mass is 10.1. The lowest BCUT2D eigenvalue weighted by Crippen LogP contribution is -2.16. The Morgan fingerprint density at radius 2 is 2.00 bits per heavy atom. The van der Waals surface area contributed by atoms with Gasteiger partial charge in [0.2, 0.25) is 0 Å². The molecule has 90 valence electrons. The van der Waals surface area contributed by atoms with E-state index in [9.17, 15) is 0 Å². The lowest BCUT2D eigenvalue weighted by molar-refractivity contribution is 0.703. The normalized spacial score (nSPS) is 12.7. The van der Waals surface area contributed by atoms with Crippen LogP contribution < -0.4 is 5.32 Å². The largest absolute Gasteiger partial charge is 0.309 e. The van der Waals surface area contributed by atoms with Gasteiger partial charge >= 0.3 is 0 Å². The Morgan fingerprint density at radius 1 is 1.24 bits per heavy atom. The van der Waals surface area contributed by atoms with Crippen LogP contribution in [0.2, 0.25) is 5.02 Å². The molecular formula is C14H16ClNS. The highest BCUT2D eigenvalue weighted by molar-refractivity contribution is 7.12. The molecule has 17 heavy (non-hydrogen) atoms. The second kappa shape index (κ2) is 5.21. The summed E-state index contributed by atoms with van der Waals surface area (Å²) in [7, 11) is 1.98. The molecule has 0 aliphatic rings. The second-order valence-electron chi connectivity index (χ2n) is 4.16. The zero-order valence-corrected chi connectivity index (χ0v) is 11.8. The number of nitrogens with one attached hydrogen (secondary N) is 1. The zero-order valence-electron chi connectivity index (χ0n) is 10.3. The van der Waals surface area contributed by atoms with Crippen LogP contribution in [0.3, 0.4) is 0 Å². The van der Waals surface area contributed by atoms with Gasteiger partial charge in [-0.1, -0.05) is 23.7 Å². The number of thiophene rings is 1. The van der Waals surface area contributed by atoms with Gasteiger partial charge in [0.05, 0.1) is 6.04 Å². The first-order valence-corrected chi connectivity index (χ1v) is 6.81. The summed E-state index contributed by atoms with van der Waals surface area (Å²) < 4.78 is 0. The minimum atomic E-state index is 0.228. The van der Waals surface area contributed by atoms with Gasteiger partial charge in [-0.05, 0) is 50.2 Å². The molecule has 1 atom stereocenters. The molecule has 0 bridgehead atoms. The molecule has 0 aliphatic carbocycles. The van der Waals surface area contributed by atoms with Crippen molar-refractivity contribution < 1.29 is 0 Å². The third-order valence-corrected chi connectivity index (χ3v) is 4.39. The molecule has 1 aromatic carbocycles. The van der Waals surface area contributed by atoms with E-state index in [1.54, 1.807) is 0 Å². The van der Waals surface area contributed by atoms with Gasteiger partial charge in [-0.15, -0.1) is 11.3 Å². The van der Waals surface area contributed by atoms with Crippen LogP contribution >= 0.6 is 22.9 Å². The van der Waals surface area contributed by atoms with E-state index in [1.807, 2.05) is 36.6 Å². The predicted octanol–water partition coefficient (Wildman–Crippen LogP) is 4.33. The Kier molecular flexibility index (Phi) is 3.87. The van der Waals surface area contributed by atoms with E-state index in [1.165, 1.54) is 20.9 Å². The molecule has 1 unspecified atom stereocenters. The summed E-state index contributed by atoms with van der Waals surface area (Å²) in [5, 5.41) is 4.14. The fraction of sp³-hybridized carbons (Fsp3) is 0.286. The minimum absolute atomic E-state index is 0.228. The highest BCUT2D eigenvalue weighted by Gasteiger charge is 2.15. The van der Waals surface area contributed by atoms with Crippen LogP contribution in [-0.4, -0.2) is 7.05 Å². The summed E-state index contributed by atoms with van der Waals surface area (Å²) in [5.74, 6) is 0. The third kappa shape index (κ3) is 2.71. The molecule has 1 nitrogen and oxygen atoms in total. The van der Waals surface area contributed by atoms with Gasteiger partial charge in [-0.25, -0.2) is 0 Å². The van der Waals surface area contributed by atoms with Gasteiger partial charge in [-0.2, -0.15) is 0 Å². The molecule has 3 heteroatoms. The van der Waals surface area contributed by atoms with Crippen molar-refractivity contribution in [1.82, 2.24) is 5.32 Å². The molecule has 2 aromatic rings. The number of rotatable bonds is 3. The molecule has 0 spiro atoms. The summed E-state index contributed by atoms with van der Waals surface area (Å²) in [6.07, 6.45) is 0. The average Bonchev–Trinajstić information content (AvgIpc) is 2.60. The molecule has 0 fully saturated rings. The molecule has 1 aromatic heterocycles. The molecule has 1 N–H and O–H groups in total. The Morgan fingerprint density at radius 3 is 2.53 bits per heavy atom. The lowest BCUT2D eigenvalue weighted by Gasteiger charge is -2.15. The van der Waals surface area contributed by atoms with Gasteiger partial charge < -0.3 is 5.32 Å². The van der Waals surface area contributed by atoms with E-state index < -0.39 is 0 Å². The van der Waals surface area contributed by atoms with Crippen LogP contribution in [0.4, 0.5) is 0 Å². The summed E-state index contributed by atoms with van der Waals surface area (Å²) in [4.78, 5) is 2.71. The van der Waals surface area contributed by atoms with E-state index in [-0.39, 0.29) is 6.04 Å². The van der Waals surface area contributed by atoms with Crippen molar-refractivity contribution in [3.05, 3.63) is 56.2 Å². The number of benzene rings is 1. The van der Waals surface area contributed by atoms with E-state index in [2.05, 4.69) is 31.3 Å². The van der Waals surface area contributed by atoms with E-state index >= 15 is 0 Å². The van der Waals surface area contributed by atoms with Crippen LogP contribution in [0, 0.1) is 13.8 Å². The van der Waals surface area contributed by atoms with E-state index in [0.29, 0.717) is 0 Å². The molecule has 0 radical (unpaired) electrons. The van der Waals surface area contributed by atoms with Crippen LogP contribution in [-0.2, 0) is 0 Å². The smallest absolute Gasteiger partial charge is 0.0669 e. The van der Waals surface area contributed by atoms with Crippen LogP contribution in [0.5, 0.6) is 0 Å². The van der Waals surface area contributed by atoms with Gasteiger partial charge in [-0.3, -0.25) is 0 Å². The maximum Gasteiger partial charge on any atom is 0.0669 e. The van der Waals surface area contributed by atoms with Crippen molar-refractivity contribution in [2.45, 2.75) is 19.9 Å². The first-order valence-electron chi connectivity index (χ1n) is 5.61. The molecule has 0 saturated carbocycles. The molecule has 1 heterocycles.